The van der Waals surface area contributed by atoms with E-state index >= 15 is 0 Å². The first kappa shape index (κ1) is 12.7. The van der Waals surface area contributed by atoms with Crippen LogP contribution >= 0.6 is 15.9 Å². The van der Waals surface area contributed by atoms with Crippen LogP contribution in [0.3, 0.4) is 0 Å². The highest BCUT2D eigenvalue weighted by Crippen LogP contribution is 2.28. The number of carbonyl (C=O) groups is 1. The van der Waals surface area contributed by atoms with Crippen molar-refractivity contribution in [2.75, 3.05) is 5.32 Å². The quantitative estimate of drug-likeness (QED) is 0.751. The molecule has 1 amide bonds. The predicted molar refractivity (Wildman–Crippen MR) is 61.3 cm³/mol. The molecular formula is C9H5BrF3N3O2. The fourth-order valence-corrected chi connectivity index (χ4v) is 1.79. The number of rotatable bonds is 1. The minimum atomic E-state index is -4.97. The fourth-order valence-electron chi connectivity index (χ4n) is 1.34. The zero-order chi connectivity index (χ0) is 13.5. The second-order valence-corrected chi connectivity index (χ2v) is 4.26. The first-order valence-corrected chi connectivity index (χ1v) is 5.36. The van der Waals surface area contributed by atoms with Gasteiger partial charge in [-0.3, -0.25) is 4.79 Å². The number of carbonyl (C=O) groups excluding carboxylic acids is 1. The van der Waals surface area contributed by atoms with Gasteiger partial charge < -0.3 is 15.3 Å². The van der Waals surface area contributed by atoms with E-state index < -0.39 is 17.8 Å². The number of benzene rings is 1. The van der Waals surface area contributed by atoms with E-state index in [4.69, 9.17) is 0 Å². The summed E-state index contributed by atoms with van der Waals surface area (Å²) in [5, 5.41) is 1.70. The van der Waals surface area contributed by atoms with Gasteiger partial charge in [0.15, 0.2) is 0 Å². The summed E-state index contributed by atoms with van der Waals surface area (Å²) < 4.78 is 36.5. The maximum absolute atomic E-state index is 12.1. The Morgan fingerprint density at radius 3 is 2.33 bits per heavy atom. The first-order chi connectivity index (χ1) is 8.27. The van der Waals surface area contributed by atoms with E-state index in [1.165, 1.54) is 12.1 Å². The Hall–Kier alpha value is -1.77. The van der Waals surface area contributed by atoms with Gasteiger partial charge >= 0.3 is 17.8 Å². The van der Waals surface area contributed by atoms with Crippen molar-refractivity contribution in [2.45, 2.75) is 6.18 Å². The number of hydrogen-bond donors (Lipinski definition) is 3. The molecule has 0 atom stereocenters. The van der Waals surface area contributed by atoms with Gasteiger partial charge in [0.25, 0.3) is 0 Å². The van der Waals surface area contributed by atoms with E-state index in [1.807, 2.05) is 0 Å². The average Bonchev–Trinajstić information content (AvgIpc) is 2.56. The number of nitrogens with one attached hydrogen (secondary N) is 3. The van der Waals surface area contributed by atoms with E-state index in [1.54, 1.807) is 5.32 Å². The Morgan fingerprint density at radius 1 is 1.22 bits per heavy atom. The molecular weight excluding hydrogens is 319 g/mol. The molecule has 0 unspecified atom stereocenters. The summed E-state index contributed by atoms with van der Waals surface area (Å²) >= 11 is 3.00. The van der Waals surface area contributed by atoms with Gasteiger partial charge in [-0.25, -0.2) is 4.79 Å². The van der Waals surface area contributed by atoms with Gasteiger partial charge in [-0.1, -0.05) is 0 Å². The van der Waals surface area contributed by atoms with Crippen molar-refractivity contribution < 1.29 is 18.0 Å². The van der Waals surface area contributed by atoms with Crippen molar-refractivity contribution in [1.82, 2.24) is 9.97 Å². The molecule has 0 bridgehead atoms. The number of anilines is 1. The number of hydrogen-bond acceptors (Lipinski definition) is 2. The highest BCUT2D eigenvalue weighted by atomic mass is 79.9. The second kappa shape index (κ2) is 4.16. The summed E-state index contributed by atoms with van der Waals surface area (Å²) in [6, 6.07) is 2.61. The molecule has 9 heteroatoms. The van der Waals surface area contributed by atoms with E-state index in [0.29, 0.717) is 11.0 Å². The maximum Gasteiger partial charge on any atom is 0.471 e. The van der Waals surface area contributed by atoms with Crippen LogP contribution in [-0.2, 0) is 4.79 Å². The Kier molecular flexibility index (Phi) is 2.93. The third kappa shape index (κ3) is 2.40. The average molecular weight is 324 g/mol. The number of aromatic amines is 2. The highest BCUT2D eigenvalue weighted by Gasteiger charge is 2.38. The van der Waals surface area contributed by atoms with Gasteiger partial charge in [0.2, 0.25) is 0 Å². The molecule has 0 aliphatic rings. The SMILES string of the molecule is O=C(Nc1cc2[nH]c(=O)[nH]c2cc1Br)C(F)(F)F. The highest BCUT2D eigenvalue weighted by molar-refractivity contribution is 9.10. The molecule has 2 aromatic rings. The zero-order valence-electron chi connectivity index (χ0n) is 8.48. The van der Waals surface area contributed by atoms with Crippen molar-refractivity contribution in [3.8, 4) is 0 Å². The van der Waals surface area contributed by atoms with Gasteiger partial charge in [-0.2, -0.15) is 13.2 Å². The summed E-state index contributed by atoms with van der Waals surface area (Å²) in [5.41, 5.74) is 0.133. The van der Waals surface area contributed by atoms with Gasteiger partial charge in [-0.15, -0.1) is 0 Å². The van der Waals surface area contributed by atoms with Gasteiger partial charge in [0, 0.05) is 4.47 Å². The Bertz CT molecular complexity index is 674. The Balaban J connectivity index is 2.42. The van der Waals surface area contributed by atoms with Crippen LogP contribution in [0, 0.1) is 0 Å². The summed E-state index contributed by atoms with van der Waals surface area (Å²) in [6.07, 6.45) is -4.97. The van der Waals surface area contributed by atoms with Crippen LogP contribution in [0.25, 0.3) is 11.0 Å². The molecule has 0 saturated heterocycles. The summed E-state index contributed by atoms with van der Waals surface area (Å²) in [4.78, 5) is 26.6. The Labute approximate surface area is 106 Å². The van der Waals surface area contributed by atoms with Gasteiger partial charge in [-0.05, 0) is 28.1 Å². The topological polar surface area (TPSA) is 77.8 Å². The molecule has 3 N–H and O–H groups in total. The van der Waals surface area contributed by atoms with Crippen molar-refractivity contribution in [3.05, 3.63) is 27.1 Å². The molecule has 2 rings (SSSR count). The van der Waals surface area contributed by atoms with Gasteiger partial charge in [0.05, 0.1) is 16.7 Å². The van der Waals surface area contributed by atoms with Crippen LogP contribution in [0.15, 0.2) is 21.4 Å². The lowest BCUT2D eigenvalue weighted by Crippen LogP contribution is -2.30. The minimum absolute atomic E-state index is 0.0833. The molecule has 0 aliphatic heterocycles. The molecule has 18 heavy (non-hydrogen) atoms. The number of imidazole rings is 1. The van der Waals surface area contributed by atoms with E-state index in [0.717, 1.165) is 0 Å². The van der Waals surface area contributed by atoms with Crippen LogP contribution in [0.2, 0.25) is 0 Å². The molecule has 0 aliphatic carbocycles. The molecule has 1 heterocycles. The first-order valence-electron chi connectivity index (χ1n) is 4.57. The van der Waals surface area contributed by atoms with Crippen molar-refractivity contribution >= 4 is 38.6 Å². The van der Waals surface area contributed by atoms with Crippen LogP contribution < -0.4 is 11.0 Å². The lowest BCUT2D eigenvalue weighted by molar-refractivity contribution is -0.167. The zero-order valence-corrected chi connectivity index (χ0v) is 10.1. The summed E-state index contributed by atoms with van der Waals surface area (Å²) in [7, 11) is 0. The number of amides is 1. The van der Waals surface area contributed by atoms with Crippen LogP contribution in [0.1, 0.15) is 0 Å². The molecule has 5 nitrogen and oxygen atoms in total. The standard InChI is InChI=1S/C9H5BrF3N3O2/c10-3-1-5-6(16-8(18)15-5)2-4(3)14-7(17)9(11,12)13/h1-2H,(H,14,17)(H2,15,16,18). The molecule has 0 fully saturated rings. The maximum atomic E-state index is 12.1. The summed E-state index contributed by atoms with van der Waals surface area (Å²) in [6.45, 7) is 0. The summed E-state index contributed by atoms with van der Waals surface area (Å²) in [5.74, 6) is -2.08. The van der Waals surface area contributed by atoms with Crippen LogP contribution in [-0.4, -0.2) is 22.1 Å². The smallest absolute Gasteiger partial charge is 0.317 e. The van der Waals surface area contributed by atoms with E-state index in [9.17, 15) is 22.8 Å². The number of fused-ring (bicyclic) bond motifs is 1. The largest absolute Gasteiger partial charge is 0.471 e. The third-order valence-electron chi connectivity index (χ3n) is 2.11. The van der Waals surface area contributed by atoms with E-state index in [2.05, 4.69) is 25.9 Å². The molecule has 0 radical (unpaired) electrons. The fraction of sp³-hybridized carbons (Fsp3) is 0.111. The van der Waals surface area contributed by atoms with E-state index in [-0.39, 0.29) is 10.2 Å². The number of H-pyrrole nitrogens is 2. The lowest BCUT2D eigenvalue weighted by Gasteiger charge is -2.09. The molecule has 0 spiro atoms. The predicted octanol–water partition coefficient (Wildman–Crippen LogP) is 2.12. The molecule has 96 valence electrons. The number of alkyl halides is 3. The molecule has 1 aromatic carbocycles. The monoisotopic (exact) mass is 323 g/mol. The minimum Gasteiger partial charge on any atom is -0.317 e. The molecule has 1 aromatic heterocycles. The van der Waals surface area contributed by atoms with Gasteiger partial charge in [0.1, 0.15) is 0 Å². The number of aromatic nitrogens is 2. The normalized spacial score (nSPS) is 11.8. The van der Waals surface area contributed by atoms with Crippen molar-refractivity contribution in [1.29, 1.82) is 0 Å². The molecule has 0 saturated carbocycles. The van der Waals surface area contributed by atoms with Crippen LogP contribution in [0.4, 0.5) is 18.9 Å². The third-order valence-corrected chi connectivity index (χ3v) is 2.77. The number of halogens is 4. The van der Waals surface area contributed by atoms with Crippen molar-refractivity contribution in [3.63, 3.8) is 0 Å². The van der Waals surface area contributed by atoms with Crippen LogP contribution in [0.5, 0.6) is 0 Å². The second-order valence-electron chi connectivity index (χ2n) is 3.41. The Morgan fingerprint density at radius 2 is 1.78 bits per heavy atom. The lowest BCUT2D eigenvalue weighted by atomic mass is 10.2. The van der Waals surface area contributed by atoms with Crippen molar-refractivity contribution in [2.24, 2.45) is 0 Å².